The van der Waals surface area contributed by atoms with Crippen LogP contribution in [0.3, 0.4) is 0 Å². The molecule has 0 fully saturated rings. The van der Waals surface area contributed by atoms with Gasteiger partial charge in [-0.1, -0.05) is 158 Å². The molecule has 2 aliphatic carbocycles. The molecule has 0 bridgehead atoms. The SMILES string of the molecule is [2H]c1c(-c2nc3ccccc3o2)c(N(c2ccc(-c3ccccc3)cc2)c2ccc3c(c2)C2(c4ccccc4-c4ccccc42)c2ccccc2-3)c2c(sc3c([2H])c4c([2H])c([2H])c([2H])c([2H])c4c([2H])c32)c1[2H]. The molecule has 14 rings (SSSR count). The molecule has 4 heteroatoms. The van der Waals surface area contributed by atoms with E-state index in [4.69, 9.17) is 14.9 Å². The normalized spacial score (nSPS) is 14.9. The Morgan fingerprint density at radius 3 is 1.80 bits per heavy atom. The van der Waals surface area contributed by atoms with Crippen molar-refractivity contribution in [3.8, 4) is 44.8 Å². The molecule has 10 aromatic carbocycles. The van der Waals surface area contributed by atoms with Gasteiger partial charge in [0.25, 0.3) is 0 Å². The Balaban J connectivity index is 1.16. The maximum Gasteiger partial charge on any atom is 0.229 e. The lowest BCUT2D eigenvalue weighted by atomic mass is 9.70. The summed E-state index contributed by atoms with van der Waals surface area (Å²) >= 11 is 1.08. The minimum atomic E-state index is -0.715. The van der Waals surface area contributed by atoms with E-state index in [0.717, 1.165) is 67.0 Å². The van der Waals surface area contributed by atoms with E-state index in [1.807, 2.05) is 48.5 Å². The minimum Gasteiger partial charge on any atom is -0.436 e. The molecule has 12 aromatic rings. The van der Waals surface area contributed by atoms with Crippen molar-refractivity contribution in [1.29, 1.82) is 0 Å². The minimum absolute atomic E-state index is 0.0719. The number of anilines is 3. The lowest BCUT2D eigenvalue weighted by molar-refractivity contribution is 0.620. The maximum absolute atomic E-state index is 10.0. The number of para-hydroxylation sites is 2. The van der Waals surface area contributed by atoms with Gasteiger partial charge in [0.1, 0.15) is 5.52 Å². The monoisotopic (exact) mass is 840 g/mol. The van der Waals surface area contributed by atoms with Crippen molar-refractivity contribution in [3.05, 3.63) is 240 Å². The van der Waals surface area contributed by atoms with Crippen LogP contribution in [0, 0.1) is 0 Å². The third-order valence-electron chi connectivity index (χ3n) is 13.1. The van der Waals surface area contributed by atoms with Crippen LogP contribution in [0.5, 0.6) is 0 Å². The molecule has 0 saturated heterocycles. The van der Waals surface area contributed by atoms with Gasteiger partial charge < -0.3 is 9.32 Å². The summed E-state index contributed by atoms with van der Waals surface area (Å²) in [7, 11) is 0. The van der Waals surface area contributed by atoms with E-state index in [-0.39, 0.29) is 56.5 Å². The van der Waals surface area contributed by atoms with Crippen molar-refractivity contribution in [2.24, 2.45) is 0 Å². The Labute approximate surface area is 385 Å². The average Bonchev–Trinajstić information content (AvgIpc) is 4.18. The summed E-state index contributed by atoms with van der Waals surface area (Å²) in [5.74, 6) is 0.0841. The Morgan fingerprint density at radius 1 is 0.500 bits per heavy atom. The van der Waals surface area contributed by atoms with Gasteiger partial charge in [0, 0.05) is 31.5 Å². The van der Waals surface area contributed by atoms with Crippen LogP contribution in [0.4, 0.5) is 17.1 Å². The molecule has 3 nitrogen and oxygen atoms in total. The number of fused-ring (bicyclic) bond motifs is 15. The van der Waals surface area contributed by atoms with Crippen molar-refractivity contribution in [3.63, 3.8) is 0 Å². The molecule has 0 atom stereocenters. The molecule has 2 heterocycles. The Bertz CT molecular complexity index is 4240. The zero-order valence-electron chi connectivity index (χ0n) is 41.9. The Morgan fingerprint density at radius 2 is 1.09 bits per heavy atom. The molecule has 0 saturated carbocycles. The topological polar surface area (TPSA) is 29.3 Å². The standard InChI is InChI=1S/C60H36N2OS/c1-2-14-37(15-3-1)38-26-28-41(29-27-38)62(42-30-31-46-45-20-8-11-23-51(45)60(52(46)36-42)49-21-9-6-18-43(49)44-19-7-10-22-50(44)60)58-47(59-61-53-24-12-13-25-54(53)63-59)32-33-55-57(58)48-34-39-16-4-5-17-40(39)35-56(48)64-55/h1-36H/i4D,5D,16D,17D,32D,33D,34D,35D. The van der Waals surface area contributed by atoms with Gasteiger partial charge in [0.15, 0.2) is 5.58 Å². The fraction of sp³-hybridized carbons (Fsp3) is 0.0167. The van der Waals surface area contributed by atoms with Gasteiger partial charge in [-0.3, -0.25) is 0 Å². The van der Waals surface area contributed by atoms with E-state index in [9.17, 15) is 5.48 Å². The molecule has 1 spiro atoms. The summed E-state index contributed by atoms with van der Waals surface area (Å²) in [5.41, 5.74) is 13.3. The molecule has 0 radical (unpaired) electrons. The van der Waals surface area contributed by atoms with Crippen LogP contribution < -0.4 is 4.90 Å². The van der Waals surface area contributed by atoms with E-state index < -0.39 is 29.6 Å². The first-order valence-electron chi connectivity index (χ1n) is 25.2. The fourth-order valence-electron chi connectivity index (χ4n) is 10.4. The summed E-state index contributed by atoms with van der Waals surface area (Å²) in [4.78, 5) is 7.05. The first kappa shape index (κ1) is 28.5. The lowest BCUT2D eigenvalue weighted by Crippen LogP contribution is -2.26. The van der Waals surface area contributed by atoms with Gasteiger partial charge in [0.2, 0.25) is 5.89 Å². The average molecular weight is 841 g/mol. The van der Waals surface area contributed by atoms with Crippen molar-refractivity contribution < 1.29 is 15.4 Å². The van der Waals surface area contributed by atoms with Gasteiger partial charge in [-0.2, -0.15) is 0 Å². The number of aromatic nitrogens is 1. The quantitative estimate of drug-likeness (QED) is 0.173. The number of thiophene rings is 1. The second-order valence-electron chi connectivity index (χ2n) is 16.3. The molecule has 0 unspecified atom stereocenters. The van der Waals surface area contributed by atoms with E-state index in [0.29, 0.717) is 38.2 Å². The second-order valence-corrected chi connectivity index (χ2v) is 17.4. The van der Waals surface area contributed by atoms with Crippen LogP contribution >= 0.6 is 11.3 Å². The van der Waals surface area contributed by atoms with Crippen LogP contribution in [-0.4, -0.2) is 4.98 Å². The van der Waals surface area contributed by atoms with Gasteiger partial charge in [-0.25, -0.2) is 4.98 Å². The van der Waals surface area contributed by atoms with Crippen LogP contribution in [-0.2, 0) is 5.41 Å². The summed E-state index contributed by atoms with van der Waals surface area (Å²) < 4.78 is 82.0. The third kappa shape index (κ3) is 4.94. The molecule has 0 N–H and O–H groups in total. The molecule has 298 valence electrons. The number of rotatable bonds is 5. The van der Waals surface area contributed by atoms with Crippen molar-refractivity contribution >= 4 is 70.4 Å². The van der Waals surface area contributed by atoms with Crippen LogP contribution in [0.2, 0.25) is 0 Å². The van der Waals surface area contributed by atoms with E-state index in [2.05, 4.69) is 120 Å². The van der Waals surface area contributed by atoms with E-state index >= 15 is 0 Å². The number of hydrogen-bond acceptors (Lipinski definition) is 4. The van der Waals surface area contributed by atoms with Crippen molar-refractivity contribution in [1.82, 2.24) is 4.98 Å². The highest BCUT2D eigenvalue weighted by molar-refractivity contribution is 7.26. The summed E-state index contributed by atoms with van der Waals surface area (Å²) in [6, 6.07) is 55.3. The zero-order chi connectivity index (χ0) is 48.9. The van der Waals surface area contributed by atoms with Gasteiger partial charge in [-0.15, -0.1) is 11.3 Å². The van der Waals surface area contributed by atoms with Crippen LogP contribution in [0.1, 0.15) is 33.2 Å². The first-order chi connectivity index (χ1) is 35.1. The van der Waals surface area contributed by atoms with Gasteiger partial charge in [0.05, 0.1) is 27.6 Å². The summed E-state index contributed by atoms with van der Waals surface area (Å²) in [6.45, 7) is 0. The number of nitrogens with zero attached hydrogens (tertiary/aromatic N) is 2. The maximum atomic E-state index is 10.0. The Hall–Kier alpha value is -8.05. The van der Waals surface area contributed by atoms with Crippen molar-refractivity contribution in [2.75, 3.05) is 4.90 Å². The van der Waals surface area contributed by atoms with E-state index in [1.54, 1.807) is 6.07 Å². The van der Waals surface area contributed by atoms with E-state index in [1.165, 1.54) is 0 Å². The van der Waals surface area contributed by atoms with Crippen LogP contribution in [0.25, 0.3) is 86.9 Å². The molecule has 0 aliphatic heterocycles. The predicted molar refractivity (Wildman–Crippen MR) is 266 cm³/mol. The number of benzene rings is 10. The van der Waals surface area contributed by atoms with Crippen LogP contribution in [0.15, 0.2) is 223 Å². The molecule has 0 amide bonds. The van der Waals surface area contributed by atoms with Gasteiger partial charge in [-0.05, 0) is 127 Å². The molecular formula is C60H36N2OS. The van der Waals surface area contributed by atoms with Gasteiger partial charge >= 0.3 is 0 Å². The predicted octanol–water partition coefficient (Wildman–Crippen LogP) is 16.5. The molecular weight excluding hydrogens is 797 g/mol. The first-order valence-corrected chi connectivity index (χ1v) is 22.0. The smallest absolute Gasteiger partial charge is 0.229 e. The number of oxazole rings is 1. The lowest BCUT2D eigenvalue weighted by Gasteiger charge is -2.33. The third-order valence-corrected chi connectivity index (χ3v) is 14.1. The highest BCUT2D eigenvalue weighted by atomic mass is 32.1. The summed E-state index contributed by atoms with van der Waals surface area (Å²) in [6.07, 6.45) is 0. The zero-order valence-corrected chi connectivity index (χ0v) is 34.7. The molecule has 2 aliphatic rings. The summed E-state index contributed by atoms with van der Waals surface area (Å²) in [5, 5.41) is 0.428. The highest BCUT2D eigenvalue weighted by Crippen LogP contribution is 2.63. The highest BCUT2D eigenvalue weighted by Gasteiger charge is 2.51. The largest absolute Gasteiger partial charge is 0.436 e. The molecule has 64 heavy (non-hydrogen) atoms. The molecule has 2 aromatic heterocycles. The van der Waals surface area contributed by atoms with Crippen molar-refractivity contribution in [2.45, 2.75) is 5.41 Å². The number of hydrogen-bond donors (Lipinski definition) is 0. The second kappa shape index (κ2) is 13.5. The Kier molecular flexibility index (Phi) is 6.01. The fourth-order valence-corrected chi connectivity index (χ4v) is 11.4.